The molecule has 0 atom stereocenters. The molecular weight excluding hydrogens is 313 g/mol. The van der Waals surface area contributed by atoms with Gasteiger partial charge < -0.3 is 5.11 Å². The van der Waals surface area contributed by atoms with Gasteiger partial charge in [-0.3, -0.25) is 0 Å². The fraction of sp³-hybridized carbons (Fsp3) is 0. The molecule has 0 unspecified atom stereocenters. The van der Waals surface area contributed by atoms with Crippen molar-refractivity contribution in [3.8, 4) is 5.75 Å². The van der Waals surface area contributed by atoms with E-state index in [1.54, 1.807) is 12.1 Å². The van der Waals surface area contributed by atoms with Gasteiger partial charge >= 0.3 is 0 Å². The number of rotatable bonds is 0. The van der Waals surface area contributed by atoms with E-state index in [-0.39, 0.29) is 5.39 Å². The third-order valence-electron chi connectivity index (χ3n) is 3.62. The second-order valence-corrected chi connectivity index (χ2v) is 5.23. The SMILES string of the molecule is Fc1ccc2cccc(F)c2c1F.Oc1ccc2ccccc2c1. The zero-order valence-corrected chi connectivity index (χ0v) is 12.5. The molecule has 0 saturated heterocycles. The average molecular weight is 326 g/mol. The minimum absolute atomic E-state index is 0.289. The van der Waals surface area contributed by atoms with Gasteiger partial charge in [0.2, 0.25) is 0 Å². The second kappa shape index (κ2) is 6.62. The van der Waals surface area contributed by atoms with Crippen molar-refractivity contribution >= 4 is 21.5 Å². The predicted molar refractivity (Wildman–Crippen MR) is 89.4 cm³/mol. The number of aromatic hydroxyl groups is 1. The minimum atomic E-state index is -1.13. The minimum Gasteiger partial charge on any atom is -0.508 e. The van der Waals surface area contributed by atoms with Gasteiger partial charge in [-0.2, -0.15) is 0 Å². The van der Waals surface area contributed by atoms with Gasteiger partial charge in [0, 0.05) is 0 Å². The number of phenols is 1. The Bertz CT molecular complexity index is 1010. The summed E-state index contributed by atoms with van der Waals surface area (Å²) in [6, 6.07) is 19.7. The molecule has 0 radical (unpaired) electrons. The van der Waals surface area contributed by atoms with E-state index in [1.807, 2.05) is 30.3 Å². The van der Waals surface area contributed by atoms with Crippen molar-refractivity contribution in [2.45, 2.75) is 0 Å². The maximum Gasteiger partial charge on any atom is 0.169 e. The zero-order valence-electron chi connectivity index (χ0n) is 12.5. The van der Waals surface area contributed by atoms with Crippen molar-refractivity contribution < 1.29 is 18.3 Å². The van der Waals surface area contributed by atoms with Crippen molar-refractivity contribution in [1.29, 1.82) is 0 Å². The van der Waals surface area contributed by atoms with Gasteiger partial charge in [0.05, 0.1) is 5.39 Å². The summed E-state index contributed by atoms with van der Waals surface area (Å²) in [6.45, 7) is 0. The summed E-state index contributed by atoms with van der Waals surface area (Å²) in [5.41, 5.74) is 0. The first-order valence-corrected chi connectivity index (χ1v) is 7.26. The van der Waals surface area contributed by atoms with Crippen LogP contribution < -0.4 is 0 Å². The van der Waals surface area contributed by atoms with Crippen LogP contribution in [0.3, 0.4) is 0 Å². The quantitative estimate of drug-likeness (QED) is 0.433. The van der Waals surface area contributed by atoms with Crippen LogP contribution in [0.25, 0.3) is 21.5 Å². The van der Waals surface area contributed by atoms with Crippen LogP contribution in [0.1, 0.15) is 0 Å². The molecule has 0 saturated carbocycles. The van der Waals surface area contributed by atoms with Crippen molar-refractivity contribution in [3.63, 3.8) is 0 Å². The maximum absolute atomic E-state index is 13.0. The van der Waals surface area contributed by atoms with E-state index in [1.165, 1.54) is 18.2 Å². The smallest absolute Gasteiger partial charge is 0.169 e. The Balaban J connectivity index is 0.000000143. The Hall–Kier alpha value is -3.01. The highest BCUT2D eigenvalue weighted by molar-refractivity contribution is 5.84. The van der Waals surface area contributed by atoms with E-state index < -0.39 is 17.5 Å². The van der Waals surface area contributed by atoms with Gasteiger partial charge in [-0.1, -0.05) is 48.5 Å². The Labute approximate surface area is 136 Å². The third-order valence-corrected chi connectivity index (χ3v) is 3.62. The number of hydrogen-bond acceptors (Lipinski definition) is 1. The Morgan fingerprint density at radius 1 is 0.583 bits per heavy atom. The Morgan fingerprint density at radius 2 is 1.25 bits per heavy atom. The van der Waals surface area contributed by atoms with Crippen molar-refractivity contribution in [1.82, 2.24) is 0 Å². The third kappa shape index (κ3) is 3.18. The van der Waals surface area contributed by atoms with E-state index in [2.05, 4.69) is 0 Å². The van der Waals surface area contributed by atoms with Gasteiger partial charge in [0.1, 0.15) is 11.6 Å². The molecule has 0 bridgehead atoms. The van der Waals surface area contributed by atoms with Gasteiger partial charge in [-0.15, -0.1) is 0 Å². The van der Waals surface area contributed by atoms with Crippen molar-refractivity contribution in [2.75, 3.05) is 0 Å². The van der Waals surface area contributed by atoms with Gasteiger partial charge in [-0.05, 0) is 40.4 Å². The zero-order chi connectivity index (χ0) is 17.1. The number of benzene rings is 4. The summed E-state index contributed by atoms with van der Waals surface area (Å²) >= 11 is 0. The molecular formula is C20H13F3O. The molecule has 1 nitrogen and oxygen atoms in total. The van der Waals surface area contributed by atoms with Crippen LogP contribution in [0.2, 0.25) is 0 Å². The first-order chi connectivity index (χ1) is 11.6. The molecule has 0 aliphatic heterocycles. The Kier molecular flexibility index (Phi) is 4.38. The number of phenolic OH excluding ortho intramolecular Hbond substituents is 1. The fourth-order valence-electron chi connectivity index (χ4n) is 2.44. The lowest BCUT2D eigenvalue weighted by molar-refractivity contribution is 0.476. The molecule has 0 aromatic heterocycles. The van der Waals surface area contributed by atoms with Crippen LogP contribution in [0.5, 0.6) is 5.75 Å². The molecule has 0 aliphatic carbocycles. The van der Waals surface area contributed by atoms with E-state index in [4.69, 9.17) is 5.11 Å². The summed E-state index contributed by atoms with van der Waals surface area (Å²) < 4.78 is 38.8. The van der Waals surface area contributed by atoms with Gasteiger partial charge in [0.15, 0.2) is 11.6 Å². The lowest BCUT2D eigenvalue weighted by Crippen LogP contribution is -1.88. The molecule has 0 heterocycles. The fourth-order valence-corrected chi connectivity index (χ4v) is 2.44. The predicted octanol–water partition coefficient (Wildman–Crippen LogP) is 5.80. The lowest BCUT2D eigenvalue weighted by Gasteiger charge is -2.00. The summed E-state index contributed by atoms with van der Waals surface area (Å²) in [6.07, 6.45) is 0. The summed E-state index contributed by atoms with van der Waals surface area (Å²) in [4.78, 5) is 0. The summed E-state index contributed by atoms with van der Waals surface area (Å²) in [7, 11) is 0. The standard InChI is InChI=1S/C10H5F3.C10H8O/c11-7-3-1-2-6-4-5-8(12)10(13)9(6)7;11-10-6-5-8-3-1-2-4-9(8)7-10/h1-5H;1-7,11H. The van der Waals surface area contributed by atoms with Crippen LogP contribution in [0, 0.1) is 17.5 Å². The van der Waals surface area contributed by atoms with E-state index in [9.17, 15) is 13.2 Å². The average Bonchev–Trinajstić information content (AvgIpc) is 2.59. The molecule has 1 N–H and O–H groups in total. The van der Waals surface area contributed by atoms with Crippen LogP contribution in [-0.4, -0.2) is 5.11 Å². The second-order valence-electron chi connectivity index (χ2n) is 5.23. The molecule has 0 aliphatic rings. The molecule has 4 aromatic carbocycles. The monoisotopic (exact) mass is 326 g/mol. The highest BCUT2D eigenvalue weighted by Gasteiger charge is 2.10. The molecule has 24 heavy (non-hydrogen) atoms. The van der Waals surface area contributed by atoms with Crippen LogP contribution >= 0.6 is 0 Å². The van der Waals surface area contributed by atoms with Crippen LogP contribution in [0.4, 0.5) is 13.2 Å². The normalized spacial score (nSPS) is 10.5. The van der Waals surface area contributed by atoms with Crippen LogP contribution in [-0.2, 0) is 0 Å². The molecule has 0 amide bonds. The number of fused-ring (bicyclic) bond motifs is 2. The van der Waals surface area contributed by atoms with Crippen molar-refractivity contribution in [2.24, 2.45) is 0 Å². The molecule has 4 rings (SSSR count). The van der Waals surface area contributed by atoms with E-state index in [0.717, 1.165) is 22.9 Å². The van der Waals surface area contributed by atoms with E-state index in [0.29, 0.717) is 11.1 Å². The Morgan fingerprint density at radius 3 is 2.04 bits per heavy atom. The number of hydrogen-bond donors (Lipinski definition) is 1. The summed E-state index contributed by atoms with van der Waals surface area (Å²) in [5, 5.41) is 11.4. The topological polar surface area (TPSA) is 20.2 Å². The maximum atomic E-state index is 13.0. The van der Waals surface area contributed by atoms with Crippen molar-refractivity contribution in [3.05, 3.63) is 90.2 Å². The van der Waals surface area contributed by atoms with E-state index >= 15 is 0 Å². The largest absolute Gasteiger partial charge is 0.508 e. The van der Waals surface area contributed by atoms with Gasteiger partial charge in [0.25, 0.3) is 0 Å². The molecule has 4 aromatic rings. The van der Waals surface area contributed by atoms with Gasteiger partial charge in [-0.25, -0.2) is 13.2 Å². The molecule has 0 spiro atoms. The first-order valence-electron chi connectivity index (χ1n) is 7.26. The summed E-state index contributed by atoms with van der Waals surface area (Å²) in [5.74, 6) is -2.58. The molecule has 120 valence electrons. The van der Waals surface area contributed by atoms with Crippen LogP contribution in [0.15, 0.2) is 72.8 Å². The highest BCUT2D eigenvalue weighted by atomic mass is 19.2. The molecule has 0 fully saturated rings. The highest BCUT2D eigenvalue weighted by Crippen LogP contribution is 2.22. The number of halogens is 3. The lowest BCUT2D eigenvalue weighted by atomic mass is 10.1. The first kappa shape index (κ1) is 15.9. The molecule has 4 heteroatoms.